The van der Waals surface area contributed by atoms with Crippen LogP contribution in [0.3, 0.4) is 0 Å². The summed E-state index contributed by atoms with van der Waals surface area (Å²) in [4.78, 5) is 0. The zero-order valence-electron chi connectivity index (χ0n) is 2.49. The fourth-order valence-electron chi connectivity index (χ4n) is 0. The Morgan fingerprint density at radius 3 is 1.43 bits per heavy atom. The monoisotopic (exact) mass is 155 g/mol. The van der Waals surface area contributed by atoms with Gasteiger partial charge in [-0.15, -0.1) is 17.5 Å². The summed E-state index contributed by atoms with van der Waals surface area (Å²) in [5.74, 6) is 0. The van der Waals surface area contributed by atoms with E-state index in [4.69, 9.17) is 0 Å². The Morgan fingerprint density at radius 1 is 1.29 bits per heavy atom. The summed E-state index contributed by atoms with van der Waals surface area (Å²) in [6, 6.07) is 0. The normalized spacial score (nSPS) is 9.57. The van der Waals surface area contributed by atoms with Crippen molar-refractivity contribution in [3.05, 3.63) is 0 Å². The molecule has 0 aliphatic carbocycles. The summed E-state index contributed by atoms with van der Waals surface area (Å²) < 4.78 is 33.1. The second-order valence-electron chi connectivity index (χ2n) is 0.559. The van der Waals surface area contributed by atoms with Crippen LogP contribution < -0.4 is 0 Å². The molecule has 0 atom stereocenters. The Bertz CT molecular complexity index is 60.4. The van der Waals surface area contributed by atoms with Crippen LogP contribution in [0.25, 0.3) is 0 Å². The first-order chi connectivity index (χ1) is 2.56. The summed E-state index contributed by atoms with van der Waals surface area (Å²) in [5.41, 5.74) is 0. The summed E-state index contributed by atoms with van der Waals surface area (Å²) in [6.07, 6.45) is -4.52. The van der Waals surface area contributed by atoms with Crippen molar-refractivity contribution in [3.8, 4) is 0 Å². The summed E-state index contributed by atoms with van der Waals surface area (Å²) in [7, 11) is 0. The maximum absolute atomic E-state index is 10.5. The maximum atomic E-state index is 10.5. The van der Waals surface area contributed by atoms with E-state index in [1.807, 2.05) is 0 Å². The predicted octanol–water partition coefficient (Wildman–Crippen LogP) is 0.588. The molecular formula is CHF3KNS. The zero-order valence-corrected chi connectivity index (χ0v) is 3.31. The molecule has 0 aromatic heterocycles. The topological polar surface area (TPSA) is 12.4 Å². The first-order valence-corrected chi connectivity index (χ1v) is 1.34. The van der Waals surface area contributed by atoms with E-state index in [-0.39, 0.29) is 51.4 Å². The molecule has 0 radical (unpaired) electrons. The molecule has 0 aromatic carbocycles. The molecule has 0 spiro atoms. The predicted molar refractivity (Wildman–Crippen MR) is 23.0 cm³/mol. The van der Waals surface area contributed by atoms with E-state index in [2.05, 4.69) is 12.4 Å². The van der Waals surface area contributed by atoms with E-state index in [1.165, 1.54) is 0 Å². The van der Waals surface area contributed by atoms with Crippen molar-refractivity contribution in [2.45, 2.75) is 6.30 Å². The van der Waals surface area contributed by atoms with Gasteiger partial charge in [-0.05, 0) is 0 Å². The SMILES string of the molecule is FC(F)(F)N=S.[KH]. The van der Waals surface area contributed by atoms with Gasteiger partial charge in [0.1, 0.15) is 0 Å². The molecule has 0 heterocycles. The molecule has 0 amide bonds. The molecule has 38 valence electrons. The van der Waals surface area contributed by atoms with Gasteiger partial charge < -0.3 is 0 Å². The minimum atomic E-state index is -4.52. The van der Waals surface area contributed by atoms with Crippen LogP contribution in [0.2, 0.25) is 0 Å². The molecule has 6 heteroatoms. The van der Waals surface area contributed by atoms with E-state index in [9.17, 15) is 13.2 Å². The van der Waals surface area contributed by atoms with Crippen LogP contribution in [-0.2, 0) is 12.4 Å². The van der Waals surface area contributed by atoms with Crippen molar-refractivity contribution < 1.29 is 13.2 Å². The molecule has 0 unspecified atom stereocenters. The van der Waals surface area contributed by atoms with Gasteiger partial charge in [-0.1, -0.05) is 0 Å². The third kappa shape index (κ3) is 11.2. The fraction of sp³-hybridized carbons (Fsp3) is 1.00. The van der Waals surface area contributed by atoms with Crippen molar-refractivity contribution >= 4 is 63.8 Å². The van der Waals surface area contributed by atoms with Crippen LogP contribution in [0.15, 0.2) is 4.36 Å². The van der Waals surface area contributed by atoms with Crippen molar-refractivity contribution in [2.24, 2.45) is 4.36 Å². The molecule has 0 aromatic rings. The van der Waals surface area contributed by atoms with Crippen LogP contribution in [0, 0.1) is 0 Å². The molecule has 0 aliphatic rings. The van der Waals surface area contributed by atoms with Crippen LogP contribution in [-0.4, -0.2) is 57.7 Å². The number of nitrogens with zero attached hydrogens (tertiary/aromatic N) is 1. The van der Waals surface area contributed by atoms with Gasteiger partial charge in [0.25, 0.3) is 0 Å². The van der Waals surface area contributed by atoms with Crippen molar-refractivity contribution in [3.63, 3.8) is 0 Å². The second kappa shape index (κ2) is 4.34. The van der Waals surface area contributed by atoms with Crippen LogP contribution >= 0.6 is 0 Å². The Morgan fingerprint density at radius 2 is 1.43 bits per heavy atom. The number of hydrogen-bond acceptors (Lipinski definition) is 2. The summed E-state index contributed by atoms with van der Waals surface area (Å²) in [6.45, 7) is 0. The van der Waals surface area contributed by atoms with Crippen LogP contribution in [0.5, 0.6) is 0 Å². The molecule has 0 saturated heterocycles. The van der Waals surface area contributed by atoms with Gasteiger partial charge in [-0.2, -0.15) is 0 Å². The summed E-state index contributed by atoms with van der Waals surface area (Å²) in [5, 5.41) is 0. The molecule has 0 bridgehead atoms. The van der Waals surface area contributed by atoms with E-state index >= 15 is 0 Å². The van der Waals surface area contributed by atoms with Crippen LogP contribution in [0.4, 0.5) is 13.2 Å². The van der Waals surface area contributed by atoms with E-state index in [1.54, 1.807) is 4.36 Å². The van der Waals surface area contributed by atoms with E-state index in [0.29, 0.717) is 0 Å². The fourth-order valence-corrected chi connectivity index (χ4v) is 0. The summed E-state index contributed by atoms with van der Waals surface area (Å²) >= 11 is 3.29. The molecule has 0 aliphatic heterocycles. The van der Waals surface area contributed by atoms with Gasteiger partial charge in [0.2, 0.25) is 0 Å². The minimum absolute atomic E-state index is 0. The van der Waals surface area contributed by atoms with Crippen molar-refractivity contribution in [1.82, 2.24) is 0 Å². The number of hydrogen-bond donors (Lipinski definition) is 0. The Hall–Kier alpha value is 1.45. The molecule has 0 rings (SSSR count). The molecule has 7 heavy (non-hydrogen) atoms. The standard InChI is InChI=1S/CF3NS.K.H/c2-1(3,4)5-6;;. The number of halogens is 3. The van der Waals surface area contributed by atoms with Gasteiger partial charge in [0.05, 0.1) is 0 Å². The third-order valence-electron chi connectivity index (χ3n) is 0.104. The average Bonchev–Trinajstić information content (AvgIpc) is 1.35. The Kier molecular flexibility index (Phi) is 6.98. The molecular weight excluding hydrogens is 154 g/mol. The molecule has 1 nitrogen and oxygen atoms in total. The molecule has 0 N–H and O–H groups in total. The second-order valence-corrected chi connectivity index (χ2v) is 0.742. The molecule has 0 saturated carbocycles. The van der Waals surface area contributed by atoms with Gasteiger partial charge in [0, 0.05) is 12.4 Å². The average molecular weight is 155 g/mol. The van der Waals surface area contributed by atoms with Crippen LogP contribution in [0.1, 0.15) is 0 Å². The zero-order chi connectivity index (χ0) is 5.21. The first kappa shape index (κ1) is 11.3. The van der Waals surface area contributed by atoms with Crippen molar-refractivity contribution in [2.75, 3.05) is 0 Å². The van der Waals surface area contributed by atoms with Crippen molar-refractivity contribution in [1.29, 1.82) is 0 Å². The van der Waals surface area contributed by atoms with E-state index < -0.39 is 6.30 Å². The van der Waals surface area contributed by atoms with Gasteiger partial charge in [-0.25, -0.2) is 0 Å². The van der Waals surface area contributed by atoms with Gasteiger partial charge in [0.15, 0.2) is 0 Å². The molecule has 0 fully saturated rings. The first-order valence-electron chi connectivity index (χ1n) is 0.973. The number of rotatable bonds is 0. The Balaban J connectivity index is 0. The van der Waals surface area contributed by atoms with Gasteiger partial charge >= 0.3 is 57.7 Å². The third-order valence-corrected chi connectivity index (χ3v) is 0.311. The number of alkyl halides is 3. The quantitative estimate of drug-likeness (QED) is 0.368. The van der Waals surface area contributed by atoms with Gasteiger partial charge in [-0.3, -0.25) is 0 Å². The van der Waals surface area contributed by atoms with E-state index in [0.717, 1.165) is 0 Å². The Labute approximate surface area is 86.2 Å².